The molecule has 0 radical (unpaired) electrons. The van der Waals surface area contributed by atoms with Gasteiger partial charge in [-0.25, -0.2) is 0 Å². The normalized spacial score (nSPS) is 15.9. The first kappa shape index (κ1) is 22.4. The molecule has 1 aromatic heterocycles. The third kappa shape index (κ3) is 5.56. The fourth-order valence-corrected chi connectivity index (χ4v) is 4.67. The lowest BCUT2D eigenvalue weighted by molar-refractivity contribution is 0.647. The van der Waals surface area contributed by atoms with Gasteiger partial charge in [0.25, 0.3) is 0 Å². The smallest absolute Gasteiger partial charge is 0.232 e. The number of hydrogen-bond donors (Lipinski definition) is 2. The van der Waals surface area contributed by atoms with Gasteiger partial charge in [-0.05, 0) is 42.8 Å². The molecule has 0 unspecified atom stereocenters. The summed E-state index contributed by atoms with van der Waals surface area (Å²) in [6, 6.07) is 23.0. The largest absolute Gasteiger partial charge is 0.368 e. The molecule has 176 valence electrons. The summed E-state index contributed by atoms with van der Waals surface area (Å²) < 4.78 is 0. The lowest BCUT2D eigenvalue weighted by atomic mass is 10.2. The number of nitrogens with one attached hydrogen (secondary N) is 2. The van der Waals surface area contributed by atoms with Crippen molar-refractivity contribution in [2.75, 3.05) is 59.3 Å². The Labute approximate surface area is 206 Å². The molecule has 2 aromatic carbocycles. The van der Waals surface area contributed by atoms with E-state index in [1.807, 2.05) is 18.2 Å². The summed E-state index contributed by atoms with van der Waals surface area (Å²) in [6.07, 6.45) is 2.41. The van der Waals surface area contributed by atoms with E-state index in [4.69, 9.17) is 22.2 Å². The Bertz CT molecular complexity index is 1080. The first-order valence-corrected chi connectivity index (χ1v) is 12.4. The van der Waals surface area contributed by atoms with E-state index in [0.717, 1.165) is 50.9 Å². The maximum absolute atomic E-state index is 5.55. The summed E-state index contributed by atoms with van der Waals surface area (Å²) in [7, 11) is 0. The molecule has 0 atom stereocenters. The van der Waals surface area contributed by atoms with Gasteiger partial charge in [0.2, 0.25) is 5.95 Å². The van der Waals surface area contributed by atoms with E-state index in [2.05, 4.69) is 73.9 Å². The zero-order valence-corrected chi connectivity index (χ0v) is 20.2. The standard InChI is InChI=1S/C26H31N7S/c34-26(27-20-21-9-3-1-4-10-21)30-25-28-23(32-13-7-8-14-32)19-24(29-25)33-17-15-31(16-18-33)22-11-5-2-6-12-22/h1-6,9-12,19H,7-8,13-18,20H2,(H2,27,28,29,30,34). The van der Waals surface area contributed by atoms with Gasteiger partial charge in [0, 0.05) is 57.6 Å². The van der Waals surface area contributed by atoms with E-state index in [0.29, 0.717) is 17.6 Å². The molecule has 2 saturated heterocycles. The predicted octanol–water partition coefficient (Wildman–Crippen LogP) is 3.89. The zero-order chi connectivity index (χ0) is 23.2. The van der Waals surface area contributed by atoms with E-state index in [9.17, 15) is 0 Å². The van der Waals surface area contributed by atoms with Gasteiger partial charge in [-0.15, -0.1) is 0 Å². The summed E-state index contributed by atoms with van der Waals surface area (Å²) in [4.78, 5) is 16.8. The molecule has 3 heterocycles. The Morgan fingerprint density at radius 1 is 0.735 bits per heavy atom. The Kier molecular flexibility index (Phi) is 7.05. The van der Waals surface area contributed by atoms with Crippen LogP contribution in [0.1, 0.15) is 18.4 Å². The molecule has 2 aliphatic heterocycles. The number of rotatable bonds is 6. The molecule has 8 heteroatoms. The molecule has 2 fully saturated rings. The van der Waals surface area contributed by atoms with Crippen LogP contribution in [0.4, 0.5) is 23.3 Å². The lowest BCUT2D eigenvalue weighted by Gasteiger charge is -2.37. The number of aromatic nitrogens is 2. The molecular formula is C26H31N7S. The number of hydrogen-bond acceptors (Lipinski definition) is 6. The summed E-state index contributed by atoms with van der Waals surface area (Å²) in [6.45, 7) is 6.50. The van der Waals surface area contributed by atoms with Gasteiger partial charge in [0.1, 0.15) is 11.6 Å². The molecule has 7 nitrogen and oxygen atoms in total. The number of anilines is 4. The van der Waals surface area contributed by atoms with Crippen LogP contribution in [0.25, 0.3) is 0 Å². The lowest BCUT2D eigenvalue weighted by Crippen LogP contribution is -2.47. The van der Waals surface area contributed by atoms with Crippen molar-refractivity contribution < 1.29 is 0 Å². The molecule has 2 aliphatic rings. The monoisotopic (exact) mass is 473 g/mol. The van der Waals surface area contributed by atoms with Gasteiger partial charge in [0.15, 0.2) is 5.11 Å². The highest BCUT2D eigenvalue weighted by Gasteiger charge is 2.22. The number of para-hydroxylation sites is 1. The van der Waals surface area contributed by atoms with Crippen LogP contribution in [-0.4, -0.2) is 54.3 Å². The highest BCUT2D eigenvalue weighted by Crippen LogP contribution is 2.26. The van der Waals surface area contributed by atoms with E-state index >= 15 is 0 Å². The fraction of sp³-hybridized carbons (Fsp3) is 0.346. The summed E-state index contributed by atoms with van der Waals surface area (Å²) in [5.41, 5.74) is 2.45. The van der Waals surface area contributed by atoms with Crippen LogP contribution in [-0.2, 0) is 6.54 Å². The van der Waals surface area contributed by atoms with E-state index in [-0.39, 0.29) is 0 Å². The topological polar surface area (TPSA) is 59.6 Å². The van der Waals surface area contributed by atoms with Crippen molar-refractivity contribution in [1.29, 1.82) is 0 Å². The van der Waals surface area contributed by atoms with Crippen molar-refractivity contribution in [3.63, 3.8) is 0 Å². The minimum atomic E-state index is 0.530. The minimum absolute atomic E-state index is 0.530. The van der Waals surface area contributed by atoms with E-state index in [1.165, 1.54) is 24.1 Å². The number of benzene rings is 2. The Morgan fingerprint density at radius 3 is 1.94 bits per heavy atom. The van der Waals surface area contributed by atoms with Crippen LogP contribution in [0.5, 0.6) is 0 Å². The molecule has 0 spiro atoms. The van der Waals surface area contributed by atoms with Gasteiger partial charge in [0.05, 0.1) is 0 Å². The maximum atomic E-state index is 5.55. The molecule has 5 rings (SSSR count). The number of nitrogens with zero attached hydrogens (tertiary/aromatic N) is 5. The predicted molar refractivity (Wildman–Crippen MR) is 144 cm³/mol. The quantitative estimate of drug-likeness (QED) is 0.523. The summed E-state index contributed by atoms with van der Waals surface area (Å²) in [5.74, 6) is 2.48. The molecule has 2 N–H and O–H groups in total. The highest BCUT2D eigenvalue weighted by atomic mass is 32.1. The maximum Gasteiger partial charge on any atom is 0.232 e. The van der Waals surface area contributed by atoms with Crippen molar-refractivity contribution in [3.05, 3.63) is 72.3 Å². The van der Waals surface area contributed by atoms with Crippen LogP contribution >= 0.6 is 12.2 Å². The zero-order valence-electron chi connectivity index (χ0n) is 19.4. The van der Waals surface area contributed by atoms with Crippen LogP contribution in [0.15, 0.2) is 66.7 Å². The second kappa shape index (κ2) is 10.7. The fourth-order valence-electron chi connectivity index (χ4n) is 4.50. The first-order chi connectivity index (χ1) is 16.7. The summed E-state index contributed by atoms with van der Waals surface area (Å²) in [5, 5.41) is 7.02. The molecular weight excluding hydrogens is 442 g/mol. The van der Waals surface area contributed by atoms with Gasteiger partial charge in [-0.3, -0.25) is 0 Å². The molecule has 0 amide bonds. The van der Waals surface area contributed by atoms with Crippen LogP contribution in [0.2, 0.25) is 0 Å². The Balaban J connectivity index is 1.28. The van der Waals surface area contributed by atoms with Crippen LogP contribution in [0, 0.1) is 0 Å². The molecule has 0 bridgehead atoms. The van der Waals surface area contributed by atoms with Crippen molar-refractivity contribution in [1.82, 2.24) is 15.3 Å². The second-order valence-electron chi connectivity index (χ2n) is 8.71. The van der Waals surface area contributed by atoms with E-state index < -0.39 is 0 Å². The van der Waals surface area contributed by atoms with Crippen molar-refractivity contribution in [2.24, 2.45) is 0 Å². The molecule has 0 aliphatic carbocycles. The average molecular weight is 474 g/mol. The average Bonchev–Trinajstić information content (AvgIpc) is 3.44. The minimum Gasteiger partial charge on any atom is -0.368 e. The van der Waals surface area contributed by atoms with Crippen LogP contribution < -0.4 is 25.3 Å². The third-order valence-corrected chi connectivity index (χ3v) is 6.62. The molecule has 34 heavy (non-hydrogen) atoms. The second-order valence-corrected chi connectivity index (χ2v) is 9.11. The molecule has 0 saturated carbocycles. The van der Waals surface area contributed by atoms with Gasteiger partial charge in [-0.2, -0.15) is 9.97 Å². The van der Waals surface area contributed by atoms with Crippen LogP contribution in [0.3, 0.4) is 0 Å². The van der Waals surface area contributed by atoms with Crippen molar-refractivity contribution in [3.8, 4) is 0 Å². The first-order valence-electron chi connectivity index (χ1n) is 12.0. The van der Waals surface area contributed by atoms with Gasteiger partial charge in [-0.1, -0.05) is 48.5 Å². The van der Waals surface area contributed by atoms with Crippen molar-refractivity contribution >= 4 is 40.6 Å². The number of thiocarbonyl (C=S) groups is 1. The number of piperazine rings is 1. The third-order valence-electron chi connectivity index (χ3n) is 6.38. The SMILES string of the molecule is S=C(NCc1ccccc1)Nc1nc(N2CCCC2)cc(N2CCN(c3ccccc3)CC2)n1. The summed E-state index contributed by atoms with van der Waals surface area (Å²) >= 11 is 5.55. The van der Waals surface area contributed by atoms with Gasteiger partial charge >= 0.3 is 0 Å². The Hall–Kier alpha value is -3.39. The highest BCUT2D eigenvalue weighted by molar-refractivity contribution is 7.80. The van der Waals surface area contributed by atoms with Gasteiger partial charge < -0.3 is 25.3 Å². The van der Waals surface area contributed by atoms with Crippen molar-refractivity contribution in [2.45, 2.75) is 19.4 Å². The Morgan fingerprint density at radius 2 is 1.29 bits per heavy atom. The molecule has 3 aromatic rings. The van der Waals surface area contributed by atoms with E-state index in [1.54, 1.807) is 0 Å².